The summed E-state index contributed by atoms with van der Waals surface area (Å²) in [7, 11) is 0. The van der Waals surface area contributed by atoms with Gasteiger partial charge in [-0.15, -0.1) is 0 Å². The third-order valence-electron chi connectivity index (χ3n) is 6.26. The maximum absolute atomic E-state index is 12.8. The van der Waals surface area contributed by atoms with Crippen molar-refractivity contribution in [3.63, 3.8) is 0 Å². The Morgan fingerprint density at radius 1 is 1.09 bits per heavy atom. The number of benzene rings is 1. The van der Waals surface area contributed by atoms with Gasteiger partial charge in [0.05, 0.1) is 11.9 Å². The maximum Gasteiger partial charge on any atom is 0.260 e. The number of nitrogens with zero attached hydrogens (tertiary/aromatic N) is 5. The van der Waals surface area contributed by atoms with Gasteiger partial charge in [0.2, 0.25) is 5.95 Å². The molecule has 0 radical (unpaired) electrons. The summed E-state index contributed by atoms with van der Waals surface area (Å²) >= 11 is 0. The first-order valence-electron chi connectivity index (χ1n) is 11.3. The molecule has 1 amide bonds. The molecule has 0 unspecified atom stereocenters. The SMILES string of the molecule is O=C(COc1ccccc1)N1CCC[C@@H](c2[nH]ncc2-c2ccnc(N3CCCC3)n2)C1. The van der Waals surface area contributed by atoms with E-state index in [1.54, 1.807) is 0 Å². The van der Waals surface area contributed by atoms with Gasteiger partial charge in [0.1, 0.15) is 5.75 Å². The number of anilines is 1. The number of rotatable bonds is 6. The summed E-state index contributed by atoms with van der Waals surface area (Å²) in [6.45, 7) is 3.47. The van der Waals surface area contributed by atoms with Crippen molar-refractivity contribution >= 4 is 11.9 Å². The molecule has 1 N–H and O–H groups in total. The molecular weight excluding hydrogens is 404 g/mol. The third kappa shape index (κ3) is 4.44. The molecule has 8 nitrogen and oxygen atoms in total. The zero-order chi connectivity index (χ0) is 21.8. The lowest BCUT2D eigenvalue weighted by atomic mass is 9.91. The van der Waals surface area contributed by atoms with Crippen LogP contribution in [0.25, 0.3) is 11.3 Å². The average molecular weight is 433 g/mol. The van der Waals surface area contributed by atoms with Gasteiger partial charge in [-0.3, -0.25) is 9.89 Å². The van der Waals surface area contributed by atoms with Crippen molar-refractivity contribution in [2.45, 2.75) is 31.6 Å². The minimum Gasteiger partial charge on any atom is -0.484 e. The van der Waals surface area contributed by atoms with Crippen molar-refractivity contribution in [2.24, 2.45) is 0 Å². The highest BCUT2D eigenvalue weighted by Crippen LogP contribution is 2.33. The van der Waals surface area contributed by atoms with E-state index in [0.717, 1.165) is 55.4 Å². The number of hydrogen-bond acceptors (Lipinski definition) is 6. The van der Waals surface area contributed by atoms with Crippen LogP contribution in [-0.4, -0.2) is 63.8 Å². The number of para-hydroxylation sites is 1. The molecule has 0 spiro atoms. The number of hydrogen-bond donors (Lipinski definition) is 1. The van der Waals surface area contributed by atoms with Crippen LogP contribution in [0.5, 0.6) is 5.75 Å². The molecule has 2 aliphatic rings. The van der Waals surface area contributed by atoms with Crippen LogP contribution in [0.15, 0.2) is 48.8 Å². The van der Waals surface area contributed by atoms with Crippen LogP contribution < -0.4 is 9.64 Å². The quantitative estimate of drug-likeness (QED) is 0.643. The van der Waals surface area contributed by atoms with Crippen molar-refractivity contribution in [3.8, 4) is 17.0 Å². The molecule has 1 atom stereocenters. The summed E-state index contributed by atoms with van der Waals surface area (Å²) in [5, 5.41) is 7.51. The zero-order valence-electron chi connectivity index (χ0n) is 18.1. The number of piperidine rings is 1. The molecule has 3 aromatic rings. The minimum atomic E-state index is 0.0120. The Morgan fingerprint density at radius 2 is 1.94 bits per heavy atom. The van der Waals surface area contributed by atoms with Crippen LogP contribution in [-0.2, 0) is 4.79 Å². The smallest absolute Gasteiger partial charge is 0.260 e. The number of aromatic nitrogens is 4. The van der Waals surface area contributed by atoms with Crippen molar-refractivity contribution in [3.05, 3.63) is 54.5 Å². The molecule has 0 aliphatic carbocycles. The predicted octanol–water partition coefficient (Wildman–Crippen LogP) is 3.25. The van der Waals surface area contributed by atoms with Crippen LogP contribution >= 0.6 is 0 Å². The van der Waals surface area contributed by atoms with Crippen molar-refractivity contribution in [1.29, 1.82) is 0 Å². The predicted molar refractivity (Wildman–Crippen MR) is 122 cm³/mol. The first-order chi connectivity index (χ1) is 15.8. The van der Waals surface area contributed by atoms with Crippen molar-refractivity contribution < 1.29 is 9.53 Å². The first kappa shape index (κ1) is 20.5. The van der Waals surface area contributed by atoms with E-state index in [4.69, 9.17) is 9.72 Å². The van der Waals surface area contributed by atoms with Crippen molar-refractivity contribution in [1.82, 2.24) is 25.1 Å². The Labute approximate surface area is 187 Å². The fraction of sp³-hybridized carbons (Fsp3) is 0.417. The first-order valence-corrected chi connectivity index (χ1v) is 11.3. The summed E-state index contributed by atoms with van der Waals surface area (Å²) in [5.74, 6) is 1.69. The largest absolute Gasteiger partial charge is 0.484 e. The fourth-order valence-electron chi connectivity index (χ4n) is 4.57. The summed E-state index contributed by atoms with van der Waals surface area (Å²) in [6, 6.07) is 11.4. The van der Waals surface area contributed by atoms with Gasteiger partial charge in [0.15, 0.2) is 6.61 Å². The molecule has 2 fully saturated rings. The van der Waals surface area contributed by atoms with Gasteiger partial charge in [-0.25, -0.2) is 9.97 Å². The Kier molecular flexibility index (Phi) is 6.00. The lowest BCUT2D eigenvalue weighted by Crippen LogP contribution is -2.41. The second-order valence-electron chi connectivity index (χ2n) is 8.41. The molecule has 2 saturated heterocycles. The fourth-order valence-corrected chi connectivity index (χ4v) is 4.57. The van der Waals surface area contributed by atoms with E-state index in [-0.39, 0.29) is 18.4 Å². The number of H-pyrrole nitrogens is 1. The van der Waals surface area contributed by atoms with Crippen LogP contribution in [0.1, 0.15) is 37.3 Å². The highest BCUT2D eigenvalue weighted by molar-refractivity contribution is 5.78. The summed E-state index contributed by atoms with van der Waals surface area (Å²) in [6.07, 6.45) is 7.98. The van der Waals surface area contributed by atoms with E-state index in [2.05, 4.69) is 20.1 Å². The van der Waals surface area contributed by atoms with E-state index in [1.807, 2.05) is 53.7 Å². The molecule has 5 rings (SSSR count). The molecule has 2 aliphatic heterocycles. The van der Waals surface area contributed by atoms with Gasteiger partial charge in [-0.2, -0.15) is 5.10 Å². The Hall–Kier alpha value is -3.42. The average Bonchev–Trinajstić information content (AvgIpc) is 3.56. The number of aromatic amines is 1. The van der Waals surface area contributed by atoms with Gasteiger partial charge in [0, 0.05) is 49.6 Å². The normalized spacial score (nSPS) is 18.7. The molecule has 4 heterocycles. The number of ether oxygens (including phenoxy) is 1. The molecule has 2 aromatic heterocycles. The summed E-state index contributed by atoms with van der Waals surface area (Å²) < 4.78 is 5.67. The van der Waals surface area contributed by atoms with Gasteiger partial charge in [-0.05, 0) is 43.9 Å². The van der Waals surface area contributed by atoms with E-state index in [1.165, 1.54) is 12.8 Å². The standard InChI is InChI=1S/C24H28N6O2/c31-22(17-32-19-8-2-1-3-9-19)30-14-6-7-18(16-30)23-20(15-26-28-23)21-10-11-25-24(27-21)29-12-4-5-13-29/h1-3,8-11,15,18H,4-7,12-14,16-17H2,(H,26,28)/t18-/m1/s1. The number of carbonyl (C=O) groups excluding carboxylic acids is 1. The maximum atomic E-state index is 12.8. The molecule has 32 heavy (non-hydrogen) atoms. The van der Waals surface area contributed by atoms with E-state index in [0.29, 0.717) is 12.3 Å². The third-order valence-corrected chi connectivity index (χ3v) is 6.26. The highest BCUT2D eigenvalue weighted by Gasteiger charge is 2.28. The molecule has 8 heteroatoms. The van der Waals surface area contributed by atoms with Crippen LogP contribution in [0.2, 0.25) is 0 Å². The topological polar surface area (TPSA) is 87.2 Å². The Balaban J connectivity index is 1.28. The second kappa shape index (κ2) is 9.38. The minimum absolute atomic E-state index is 0.0120. The van der Waals surface area contributed by atoms with Crippen LogP contribution in [0, 0.1) is 0 Å². The zero-order valence-corrected chi connectivity index (χ0v) is 18.1. The van der Waals surface area contributed by atoms with E-state index in [9.17, 15) is 4.79 Å². The van der Waals surface area contributed by atoms with Gasteiger partial charge < -0.3 is 14.5 Å². The highest BCUT2D eigenvalue weighted by atomic mass is 16.5. The number of nitrogens with one attached hydrogen (secondary N) is 1. The second-order valence-corrected chi connectivity index (χ2v) is 8.41. The summed E-state index contributed by atoms with van der Waals surface area (Å²) in [5.41, 5.74) is 2.91. The molecule has 1 aromatic carbocycles. The van der Waals surface area contributed by atoms with Crippen LogP contribution in [0.3, 0.4) is 0 Å². The van der Waals surface area contributed by atoms with E-state index < -0.39 is 0 Å². The van der Waals surface area contributed by atoms with E-state index >= 15 is 0 Å². The van der Waals surface area contributed by atoms with Crippen molar-refractivity contribution in [2.75, 3.05) is 37.7 Å². The van der Waals surface area contributed by atoms with Gasteiger partial charge >= 0.3 is 0 Å². The van der Waals surface area contributed by atoms with Crippen LogP contribution in [0.4, 0.5) is 5.95 Å². The van der Waals surface area contributed by atoms with Gasteiger partial charge in [-0.1, -0.05) is 18.2 Å². The molecule has 0 bridgehead atoms. The molecule has 166 valence electrons. The lowest BCUT2D eigenvalue weighted by molar-refractivity contribution is -0.134. The Bertz CT molecular complexity index is 1050. The molecule has 0 saturated carbocycles. The number of carbonyl (C=O) groups is 1. The number of likely N-dealkylation sites (tertiary alicyclic amines) is 1. The Morgan fingerprint density at radius 3 is 2.78 bits per heavy atom. The van der Waals surface area contributed by atoms with Gasteiger partial charge in [0.25, 0.3) is 5.91 Å². The summed E-state index contributed by atoms with van der Waals surface area (Å²) in [4.78, 5) is 26.2. The number of amides is 1. The molecular formula is C24H28N6O2. The lowest BCUT2D eigenvalue weighted by Gasteiger charge is -2.32. The monoisotopic (exact) mass is 432 g/mol.